The number of carbonyl (C=O) groups excluding carboxylic acids is 1. The number of terminal acetylenes is 1. The maximum Gasteiger partial charge on any atom is 0.240 e. The van der Waals surface area contributed by atoms with Crippen molar-refractivity contribution in [1.82, 2.24) is 0 Å². The van der Waals surface area contributed by atoms with Gasteiger partial charge in [-0.15, -0.1) is 6.42 Å². The van der Waals surface area contributed by atoms with Crippen molar-refractivity contribution in [1.29, 1.82) is 0 Å². The molecule has 0 aromatic heterocycles. The molecule has 84 valence electrons. The van der Waals surface area contributed by atoms with Crippen molar-refractivity contribution in [2.45, 2.75) is 11.3 Å². The summed E-state index contributed by atoms with van der Waals surface area (Å²) in [5.41, 5.74) is 0.130. The summed E-state index contributed by atoms with van der Waals surface area (Å²) in [4.78, 5) is 11.1. The third-order valence-corrected chi connectivity index (χ3v) is 2.70. The molecule has 0 atom stereocenters. The second kappa shape index (κ2) is 4.79. The van der Waals surface area contributed by atoms with E-state index >= 15 is 0 Å². The maximum atomic E-state index is 11.2. The summed E-state index contributed by atoms with van der Waals surface area (Å²) in [5, 5.41) is 7.37. The Morgan fingerprint density at radius 1 is 1.44 bits per heavy atom. The van der Waals surface area contributed by atoms with Crippen LogP contribution < -0.4 is 10.5 Å². The molecular formula is C10H10N2O3S. The summed E-state index contributed by atoms with van der Waals surface area (Å²) in [6.07, 6.45) is 4.83. The van der Waals surface area contributed by atoms with Crippen molar-refractivity contribution in [3.8, 4) is 12.3 Å². The van der Waals surface area contributed by atoms with Gasteiger partial charge in [-0.25, -0.2) is 13.6 Å². The molecule has 0 aliphatic heterocycles. The lowest BCUT2D eigenvalue weighted by molar-refractivity contribution is -0.115. The number of anilines is 1. The Balaban J connectivity index is 3.07. The van der Waals surface area contributed by atoms with E-state index in [1.54, 1.807) is 6.07 Å². The highest BCUT2D eigenvalue weighted by molar-refractivity contribution is 7.89. The van der Waals surface area contributed by atoms with E-state index in [9.17, 15) is 13.2 Å². The topological polar surface area (TPSA) is 89.3 Å². The van der Waals surface area contributed by atoms with E-state index in [4.69, 9.17) is 11.6 Å². The first kappa shape index (κ1) is 12.2. The van der Waals surface area contributed by atoms with Gasteiger partial charge in [-0.1, -0.05) is 18.1 Å². The van der Waals surface area contributed by atoms with Crippen molar-refractivity contribution < 1.29 is 13.2 Å². The zero-order chi connectivity index (χ0) is 12.2. The average Bonchev–Trinajstić information content (AvgIpc) is 2.17. The van der Waals surface area contributed by atoms with Gasteiger partial charge >= 0.3 is 0 Å². The molecule has 5 nitrogen and oxygen atoms in total. The number of amides is 1. The Kier molecular flexibility index (Phi) is 3.66. The minimum Gasteiger partial charge on any atom is -0.324 e. The molecule has 0 aliphatic carbocycles. The molecule has 0 fully saturated rings. The Morgan fingerprint density at radius 2 is 2.06 bits per heavy atom. The van der Waals surface area contributed by atoms with Crippen LogP contribution in [-0.4, -0.2) is 14.3 Å². The van der Waals surface area contributed by atoms with Gasteiger partial charge in [-0.2, -0.15) is 0 Å². The van der Waals surface area contributed by atoms with Crippen molar-refractivity contribution in [2.24, 2.45) is 5.14 Å². The van der Waals surface area contributed by atoms with E-state index in [2.05, 4.69) is 11.2 Å². The second-order valence-electron chi connectivity index (χ2n) is 2.97. The predicted molar refractivity (Wildman–Crippen MR) is 59.9 cm³/mol. The number of hydrogen-bond donors (Lipinski definition) is 2. The van der Waals surface area contributed by atoms with Gasteiger partial charge in [0.15, 0.2) is 0 Å². The minimum absolute atomic E-state index is 0.126. The molecule has 0 unspecified atom stereocenters. The van der Waals surface area contributed by atoms with Crippen molar-refractivity contribution >= 4 is 21.6 Å². The van der Waals surface area contributed by atoms with E-state index in [-0.39, 0.29) is 17.0 Å². The van der Waals surface area contributed by atoms with Gasteiger partial charge in [0, 0.05) is 0 Å². The fourth-order valence-corrected chi connectivity index (χ4v) is 1.80. The van der Waals surface area contributed by atoms with Crippen molar-refractivity contribution in [3.05, 3.63) is 24.3 Å². The second-order valence-corrected chi connectivity index (χ2v) is 4.50. The van der Waals surface area contributed by atoms with E-state index in [1.165, 1.54) is 18.2 Å². The van der Waals surface area contributed by atoms with E-state index in [0.717, 1.165) is 0 Å². The summed E-state index contributed by atoms with van der Waals surface area (Å²) < 4.78 is 22.4. The Hall–Kier alpha value is -1.84. The molecule has 16 heavy (non-hydrogen) atoms. The number of nitrogens with one attached hydrogen (secondary N) is 1. The Bertz CT molecular complexity index is 543. The number of carbonyl (C=O) groups is 1. The van der Waals surface area contributed by atoms with Crippen LogP contribution in [0.1, 0.15) is 6.42 Å². The summed E-state index contributed by atoms with van der Waals surface area (Å²) >= 11 is 0. The minimum atomic E-state index is -3.86. The van der Waals surface area contributed by atoms with Crippen molar-refractivity contribution in [2.75, 3.05) is 5.32 Å². The molecule has 1 aromatic carbocycles. The van der Waals surface area contributed by atoms with Crippen LogP contribution in [0.15, 0.2) is 29.2 Å². The number of primary sulfonamides is 1. The SMILES string of the molecule is C#CCC(=O)Nc1ccccc1S(N)(=O)=O. The van der Waals surface area contributed by atoms with Crippen LogP contribution in [0.25, 0.3) is 0 Å². The average molecular weight is 238 g/mol. The molecule has 0 heterocycles. The molecule has 0 aliphatic rings. The normalized spacial score (nSPS) is 10.5. The van der Waals surface area contributed by atoms with Gasteiger partial charge in [0.05, 0.1) is 12.1 Å². The first-order valence-corrected chi connectivity index (χ1v) is 5.85. The molecule has 1 aromatic rings. The Morgan fingerprint density at radius 3 is 2.62 bits per heavy atom. The lowest BCUT2D eigenvalue weighted by Crippen LogP contribution is -2.17. The molecule has 0 bridgehead atoms. The molecule has 0 saturated carbocycles. The molecule has 0 radical (unpaired) electrons. The highest BCUT2D eigenvalue weighted by atomic mass is 32.2. The third-order valence-electron chi connectivity index (χ3n) is 1.73. The molecule has 0 spiro atoms. The summed E-state index contributed by atoms with van der Waals surface area (Å²) in [7, 11) is -3.86. The fourth-order valence-electron chi connectivity index (χ4n) is 1.11. The molecule has 3 N–H and O–H groups in total. The zero-order valence-electron chi connectivity index (χ0n) is 8.30. The third kappa shape index (κ3) is 3.08. The lowest BCUT2D eigenvalue weighted by Gasteiger charge is -2.07. The van der Waals surface area contributed by atoms with Crippen LogP contribution in [0.4, 0.5) is 5.69 Å². The molecule has 1 rings (SSSR count). The fraction of sp³-hybridized carbons (Fsp3) is 0.100. The number of hydrogen-bond acceptors (Lipinski definition) is 3. The number of sulfonamides is 1. The number of benzene rings is 1. The summed E-state index contributed by atoms with van der Waals surface area (Å²) in [6, 6.07) is 5.84. The highest BCUT2D eigenvalue weighted by Crippen LogP contribution is 2.19. The monoisotopic (exact) mass is 238 g/mol. The van der Waals surface area contributed by atoms with Crippen LogP contribution >= 0.6 is 0 Å². The molecular weight excluding hydrogens is 228 g/mol. The maximum absolute atomic E-state index is 11.2. The van der Waals surface area contributed by atoms with E-state index < -0.39 is 15.9 Å². The van der Waals surface area contributed by atoms with Gasteiger partial charge in [0.1, 0.15) is 4.90 Å². The molecule has 0 saturated heterocycles. The van der Waals surface area contributed by atoms with E-state index in [1.807, 2.05) is 0 Å². The lowest BCUT2D eigenvalue weighted by atomic mass is 10.3. The van der Waals surface area contributed by atoms with Crippen LogP contribution in [0.2, 0.25) is 0 Å². The predicted octanol–water partition coefficient (Wildman–Crippen LogP) is 0.296. The largest absolute Gasteiger partial charge is 0.324 e. The summed E-state index contributed by atoms with van der Waals surface area (Å²) in [5.74, 6) is 1.69. The first-order chi connectivity index (χ1) is 7.45. The van der Waals surface area contributed by atoms with Crippen LogP contribution in [-0.2, 0) is 14.8 Å². The van der Waals surface area contributed by atoms with E-state index in [0.29, 0.717) is 0 Å². The summed E-state index contributed by atoms with van der Waals surface area (Å²) in [6.45, 7) is 0. The molecule has 6 heteroatoms. The Labute approximate surface area is 93.7 Å². The van der Waals surface area contributed by atoms with Crippen LogP contribution in [0, 0.1) is 12.3 Å². The van der Waals surface area contributed by atoms with Crippen LogP contribution in [0.3, 0.4) is 0 Å². The zero-order valence-corrected chi connectivity index (χ0v) is 9.12. The highest BCUT2D eigenvalue weighted by Gasteiger charge is 2.14. The smallest absolute Gasteiger partial charge is 0.240 e. The molecule has 1 amide bonds. The van der Waals surface area contributed by atoms with Gasteiger partial charge in [0.25, 0.3) is 0 Å². The van der Waals surface area contributed by atoms with Crippen LogP contribution in [0.5, 0.6) is 0 Å². The van der Waals surface area contributed by atoms with Gasteiger partial charge < -0.3 is 5.32 Å². The quantitative estimate of drug-likeness (QED) is 0.742. The van der Waals surface area contributed by atoms with Gasteiger partial charge in [-0.05, 0) is 12.1 Å². The standard InChI is InChI=1S/C10H10N2O3S/c1-2-5-10(13)12-8-6-3-4-7-9(8)16(11,14)15/h1,3-4,6-7H,5H2,(H,12,13)(H2,11,14,15). The van der Waals surface area contributed by atoms with Gasteiger partial charge in [0.2, 0.25) is 15.9 Å². The number of nitrogens with two attached hydrogens (primary N) is 1. The van der Waals surface area contributed by atoms with Gasteiger partial charge in [-0.3, -0.25) is 4.79 Å². The first-order valence-electron chi connectivity index (χ1n) is 4.30. The number of para-hydroxylation sites is 1. The van der Waals surface area contributed by atoms with Crippen molar-refractivity contribution in [3.63, 3.8) is 0 Å². The number of rotatable bonds is 3.